The van der Waals surface area contributed by atoms with Crippen molar-refractivity contribution in [3.8, 4) is 5.75 Å². The van der Waals surface area contributed by atoms with Crippen molar-refractivity contribution < 1.29 is 4.74 Å². The molecule has 0 spiro atoms. The third-order valence-corrected chi connectivity index (χ3v) is 3.66. The SMILES string of the molecule is CCNC1CCc2cc(OCCCN(C)C)ccc21. The lowest BCUT2D eigenvalue weighted by Crippen LogP contribution is -2.18. The van der Waals surface area contributed by atoms with Gasteiger partial charge < -0.3 is 15.0 Å². The number of benzene rings is 1. The predicted molar refractivity (Wildman–Crippen MR) is 79.8 cm³/mol. The molecule has 0 aliphatic heterocycles. The lowest BCUT2D eigenvalue weighted by atomic mass is 10.1. The van der Waals surface area contributed by atoms with Crippen molar-refractivity contribution in [1.82, 2.24) is 10.2 Å². The van der Waals surface area contributed by atoms with Crippen LogP contribution in [0.1, 0.15) is 36.9 Å². The second-order valence-electron chi connectivity index (χ2n) is 5.51. The van der Waals surface area contributed by atoms with Crippen molar-refractivity contribution in [3.05, 3.63) is 29.3 Å². The van der Waals surface area contributed by atoms with Gasteiger partial charge in [0.1, 0.15) is 5.75 Å². The van der Waals surface area contributed by atoms with E-state index < -0.39 is 0 Å². The van der Waals surface area contributed by atoms with Crippen LogP contribution in [-0.4, -0.2) is 38.7 Å². The third-order valence-electron chi connectivity index (χ3n) is 3.66. The molecule has 0 heterocycles. The minimum Gasteiger partial charge on any atom is -0.494 e. The van der Waals surface area contributed by atoms with Gasteiger partial charge in [0.15, 0.2) is 0 Å². The van der Waals surface area contributed by atoms with E-state index in [2.05, 4.69) is 49.4 Å². The smallest absolute Gasteiger partial charge is 0.119 e. The molecule has 1 atom stereocenters. The van der Waals surface area contributed by atoms with E-state index in [1.54, 1.807) is 0 Å². The summed E-state index contributed by atoms with van der Waals surface area (Å²) in [6, 6.07) is 7.12. The number of hydrogen-bond donors (Lipinski definition) is 1. The van der Waals surface area contributed by atoms with Crippen LogP contribution >= 0.6 is 0 Å². The van der Waals surface area contributed by atoms with Gasteiger partial charge in [-0.05, 0) is 63.2 Å². The van der Waals surface area contributed by atoms with Crippen molar-refractivity contribution in [3.63, 3.8) is 0 Å². The van der Waals surface area contributed by atoms with Crippen LogP contribution in [0.2, 0.25) is 0 Å². The van der Waals surface area contributed by atoms with E-state index in [-0.39, 0.29) is 0 Å². The van der Waals surface area contributed by atoms with Crippen molar-refractivity contribution in [2.24, 2.45) is 0 Å². The van der Waals surface area contributed by atoms with E-state index in [0.717, 1.165) is 31.9 Å². The zero-order valence-electron chi connectivity index (χ0n) is 12.4. The molecular weight excluding hydrogens is 236 g/mol. The van der Waals surface area contributed by atoms with E-state index in [1.165, 1.54) is 24.0 Å². The summed E-state index contributed by atoms with van der Waals surface area (Å²) in [4.78, 5) is 2.19. The average Bonchev–Trinajstić information content (AvgIpc) is 2.78. The predicted octanol–water partition coefficient (Wildman–Crippen LogP) is 2.61. The summed E-state index contributed by atoms with van der Waals surface area (Å²) in [6.45, 7) is 5.08. The first-order valence-corrected chi connectivity index (χ1v) is 7.34. The largest absolute Gasteiger partial charge is 0.494 e. The Morgan fingerprint density at radius 2 is 2.21 bits per heavy atom. The van der Waals surface area contributed by atoms with Gasteiger partial charge in [0, 0.05) is 12.6 Å². The van der Waals surface area contributed by atoms with Crippen LogP contribution < -0.4 is 10.1 Å². The van der Waals surface area contributed by atoms with Crippen molar-refractivity contribution in [2.75, 3.05) is 33.8 Å². The molecule has 0 amide bonds. The van der Waals surface area contributed by atoms with Crippen LogP contribution in [-0.2, 0) is 6.42 Å². The molecule has 2 rings (SSSR count). The summed E-state index contributed by atoms with van der Waals surface area (Å²) in [5.74, 6) is 1.02. The number of aryl methyl sites for hydroxylation is 1. The molecule has 0 fully saturated rings. The zero-order chi connectivity index (χ0) is 13.7. The third kappa shape index (κ3) is 3.95. The number of ether oxygens (including phenoxy) is 1. The molecule has 0 aromatic heterocycles. The highest BCUT2D eigenvalue weighted by atomic mass is 16.5. The van der Waals surface area contributed by atoms with Gasteiger partial charge in [-0.2, -0.15) is 0 Å². The van der Waals surface area contributed by atoms with E-state index in [0.29, 0.717) is 6.04 Å². The fourth-order valence-electron chi connectivity index (χ4n) is 2.71. The highest BCUT2D eigenvalue weighted by Crippen LogP contribution is 2.33. The number of nitrogens with zero attached hydrogens (tertiary/aromatic N) is 1. The van der Waals surface area contributed by atoms with Crippen LogP contribution in [0, 0.1) is 0 Å². The normalized spacial score (nSPS) is 17.8. The summed E-state index contributed by atoms with van der Waals surface area (Å²) < 4.78 is 5.83. The zero-order valence-corrected chi connectivity index (χ0v) is 12.4. The molecule has 0 bridgehead atoms. The Bertz CT molecular complexity index is 404. The lowest BCUT2D eigenvalue weighted by molar-refractivity contribution is 0.281. The second kappa shape index (κ2) is 6.92. The maximum atomic E-state index is 5.83. The maximum absolute atomic E-state index is 5.83. The Hall–Kier alpha value is -1.06. The summed E-state index contributed by atoms with van der Waals surface area (Å²) in [7, 11) is 4.19. The quantitative estimate of drug-likeness (QED) is 0.765. The Balaban J connectivity index is 1.88. The Labute approximate surface area is 116 Å². The van der Waals surface area contributed by atoms with E-state index in [4.69, 9.17) is 4.74 Å². The fourth-order valence-corrected chi connectivity index (χ4v) is 2.71. The summed E-state index contributed by atoms with van der Waals surface area (Å²) in [5.41, 5.74) is 2.92. The first kappa shape index (κ1) is 14.4. The van der Waals surface area contributed by atoms with Gasteiger partial charge in [-0.3, -0.25) is 0 Å². The fraction of sp³-hybridized carbons (Fsp3) is 0.625. The van der Waals surface area contributed by atoms with Gasteiger partial charge in [-0.15, -0.1) is 0 Å². The molecular formula is C16H26N2O. The summed E-state index contributed by atoms with van der Waals surface area (Å²) >= 11 is 0. The minimum absolute atomic E-state index is 0.544. The van der Waals surface area contributed by atoms with Crippen LogP contribution in [0.3, 0.4) is 0 Å². The van der Waals surface area contributed by atoms with Gasteiger partial charge in [-0.1, -0.05) is 13.0 Å². The topological polar surface area (TPSA) is 24.5 Å². The number of rotatable bonds is 7. The molecule has 19 heavy (non-hydrogen) atoms. The molecule has 1 aromatic rings. The van der Waals surface area contributed by atoms with Gasteiger partial charge in [0.05, 0.1) is 6.61 Å². The second-order valence-corrected chi connectivity index (χ2v) is 5.51. The molecule has 0 saturated heterocycles. The summed E-state index contributed by atoms with van der Waals surface area (Å²) in [5, 5.41) is 3.54. The van der Waals surface area contributed by atoms with E-state index in [1.807, 2.05) is 0 Å². The first-order valence-electron chi connectivity index (χ1n) is 7.34. The molecule has 1 unspecified atom stereocenters. The highest BCUT2D eigenvalue weighted by Gasteiger charge is 2.21. The Kier molecular flexibility index (Phi) is 5.23. The van der Waals surface area contributed by atoms with Gasteiger partial charge in [0.2, 0.25) is 0 Å². The summed E-state index contributed by atoms with van der Waals surface area (Å²) in [6.07, 6.45) is 3.46. The number of fused-ring (bicyclic) bond motifs is 1. The molecule has 1 aromatic carbocycles. The monoisotopic (exact) mass is 262 g/mol. The molecule has 1 N–H and O–H groups in total. The van der Waals surface area contributed by atoms with Gasteiger partial charge >= 0.3 is 0 Å². The first-order chi connectivity index (χ1) is 9.20. The Morgan fingerprint density at radius 3 is 2.95 bits per heavy atom. The lowest BCUT2D eigenvalue weighted by Gasteiger charge is -2.13. The van der Waals surface area contributed by atoms with Crippen LogP contribution in [0.15, 0.2) is 18.2 Å². The van der Waals surface area contributed by atoms with Crippen LogP contribution in [0.4, 0.5) is 0 Å². The molecule has 1 aliphatic carbocycles. The van der Waals surface area contributed by atoms with E-state index >= 15 is 0 Å². The van der Waals surface area contributed by atoms with E-state index in [9.17, 15) is 0 Å². The Morgan fingerprint density at radius 1 is 1.37 bits per heavy atom. The maximum Gasteiger partial charge on any atom is 0.119 e. The van der Waals surface area contributed by atoms with Crippen molar-refractivity contribution >= 4 is 0 Å². The highest BCUT2D eigenvalue weighted by molar-refractivity contribution is 5.40. The molecule has 3 heteroatoms. The molecule has 0 saturated carbocycles. The number of nitrogens with one attached hydrogen (secondary N) is 1. The molecule has 106 valence electrons. The van der Waals surface area contributed by atoms with Crippen LogP contribution in [0.25, 0.3) is 0 Å². The average molecular weight is 262 g/mol. The van der Waals surface area contributed by atoms with Crippen molar-refractivity contribution in [1.29, 1.82) is 0 Å². The van der Waals surface area contributed by atoms with Gasteiger partial charge in [0.25, 0.3) is 0 Å². The molecule has 0 radical (unpaired) electrons. The molecule has 1 aliphatic rings. The standard InChI is InChI=1S/C16H26N2O/c1-4-17-16-9-6-13-12-14(7-8-15(13)16)19-11-5-10-18(2)3/h7-8,12,16-17H,4-6,9-11H2,1-3H3. The van der Waals surface area contributed by atoms with Crippen molar-refractivity contribution in [2.45, 2.75) is 32.2 Å². The minimum atomic E-state index is 0.544. The van der Waals surface area contributed by atoms with Crippen LogP contribution in [0.5, 0.6) is 5.75 Å². The molecule has 3 nitrogen and oxygen atoms in total. The number of hydrogen-bond acceptors (Lipinski definition) is 3. The van der Waals surface area contributed by atoms with Gasteiger partial charge in [-0.25, -0.2) is 0 Å².